The second-order valence-corrected chi connectivity index (χ2v) is 4.59. The van der Waals surface area contributed by atoms with Crippen molar-refractivity contribution in [1.82, 2.24) is 15.5 Å². The molecular weight excluding hydrogens is 198 g/mol. The Morgan fingerprint density at radius 2 is 2.43 bits per heavy atom. The molecule has 0 bridgehead atoms. The lowest BCUT2D eigenvalue weighted by Gasteiger charge is -2.03. The summed E-state index contributed by atoms with van der Waals surface area (Å²) in [6.45, 7) is 3.76. The standard InChI is InChI=1S/C9H15N3OS/c1-6(10-2)8-11-12-9(14-8)7-3-4-13-5-7/h6-7,10H,3-5H2,1-2H3. The highest BCUT2D eigenvalue weighted by Gasteiger charge is 2.22. The van der Waals surface area contributed by atoms with Gasteiger partial charge in [0.1, 0.15) is 10.0 Å². The fourth-order valence-electron chi connectivity index (χ4n) is 1.44. The molecule has 1 aromatic heterocycles. The van der Waals surface area contributed by atoms with E-state index in [0.29, 0.717) is 12.0 Å². The molecule has 78 valence electrons. The van der Waals surface area contributed by atoms with Gasteiger partial charge in [-0.2, -0.15) is 0 Å². The Hall–Kier alpha value is -0.520. The first kappa shape index (κ1) is 10.0. The van der Waals surface area contributed by atoms with Crippen molar-refractivity contribution in [3.05, 3.63) is 10.0 Å². The first-order valence-corrected chi connectivity index (χ1v) is 5.71. The monoisotopic (exact) mass is 213 g/mol. The lowest BCUT2D eigenvalue weighted by Crippen LogP contribution is -2.11. The van der Waals surface area contributed by atoms with Gasteiger partial charge < -0.3 is 10.1 Å². The summed E-state index contributed by atoms with van der Waals surface area (Å²) in [7, 11) is 1.93. The summed E-state index contributed by atoms with van der Waals surface area (Å²) in [5, 5.41) is 13.7. The minimum absolute atomic E-state index is 0.295. The summed E-state index contributed by atoms with van der Waals surface area (Å²) >= 11 is 1.70. The van der Waals surface area contributed by atoms with Crippen LogP contribution in [0.1, 0.15) is 35.3 Å². The van der Waals surface area contributed by atoms with E-state index in [4.69, 9.17) is 4.74 Å². The maximum absolute atomic E-state index is 5.33. The van der Waals surface area contributed by atoms with Crippen LogP contribution in [0, 0.1) is 0 Å². The number of aromatic nitrogens is 2. The molecule has 1 N–H and O–H groups in total. The van der Waals surface area contributed by atoms with E-state index in [1.165, 1.54) is 0 Å². The summed E-state index contributed by atoms with van der Waals surface area (Å²) in [6, 6.07) is 0.295. The zero-order valence-corrected chi connectivity index (χ0v) is 9.30. The van der Waals surface area contributed by atoms with Crippen LogP contribution in [0.2, 0.25) is 0 Å². The van der Waals surface area contributed by atoms with Crippen LogP contribution >= 0.6 is 11.3 Å². The third kappa shape index (κ3) is 1.94. The second kappa shape index (κ2) is 4.33. The van der Waals surface area contributed by atoms with E-state index in [0.717, 1.165) is 29.6 Å². The molecule has 2 unspecified atom stereocenters. The summed E-state index contributed by atoms with van der Waals surface area (Å²) < 4.78 is 5.33. The van der Waals surface area contributed by atoms with E-state index in [1.54, 1.807) is 11.3 Å². The molecule has 2 atom stereocenters. The summed E-state index contributed by atoms with van der Waals surface area (Å²) in [6.07, 6.45) is 1.09. The molecule has 0 aliphatic carbocycles. The van der Waals surface area contributed by atoms with Crippen LogP contribution in [0.5, 0.6) is 0 Å². The minimum Gasteiger partial charge on any atom is -0.381 e. The van der Waals surface area contributed by atoms with Crippen molar-refractivity contribution < 1.29 is 4.74 Å². The van der Waals surface area contributed by atoms with Gasteiger partial charge in [0, 0.05) is 12.5 Å². The zero-order chi connectivity index (χ0) is 9.97. The van der Waals surface area contributed by atoms with Crippen LogP contribution in [-0.2, 0) is 4.74 Å². The second-order valence-electron chi connectivity index (χ2n) is 3.55. The van der Waals surface area contributed by atoms with Gasteiger partial charge in [0.25, 0.3) is 0 Å². The van der Waals surface area contributed by atoms with Gasteiger partial charge in [0.2, 0.25) is 0 Å². The summed E-state index contributed by atoms with van der Waals surface area (Å²) in [4.78, 5) is 0. The van der Waals surface area contributed by atoms with E-state index in [2.05, 4.69) is 22.4 Å². The van der Waals surface area contributed by atoms with Crippen LogP contribution in [0.4, 0.5) is 0 Å². The van der Waals surface area contributed by atoms with Crippen molar-refractivity contribution in [3.63, 3.8) is 0 Å². The van der Waals surface area contributed by atoms with Gasteiger partial charge >= 0.3 is 0 Å². The Kier molecular flexibility index (Phi) is 3.10. The highest BCUT2D eigenvalue weighted by Crippen LogP contribution is 2.29. The van der Waals surface area contributed by atoms with E-state index >= 15 is 0 Å². The van der Waals surface area contributed by atoms with Crippen molar-refractivity contribution in [2.24, 2.45) is 0 Å². The Morgan fingerprint density at radius 1 is 1.57 bits per heavy atom. The van der Waals surface area contributed by atoms with Crippen molar-refractivity contribution in [2.45, 2.75) is 25.3 Å². The van der Waals surface area contributed by atoms with Gasteiger partial charge in [-0.3, -0.25) is 0 Å². The predicted octanol–water partition coefficient (Wildman–Crippen LogP) is 1.32. The van der Waals surface area contributed by atoms with Crippen LogP contribution in [0.25, 0.3) is 0 Å². The van der Waals surface area contributed by atoms with Crippen molar-refractivity contribution in [2.75, 3.05) is 20.3 Å². The minimum atomic E-state index is 0.295. The van der Waals surface area contributed by atoms with Crippen LogP contribution < -0.4 is 5.32 Å². The van der Waals surface area contributed by atoms with Gasteiger partial charge in [0.15, 0.2) is 0 Å². The third-order valence-corrected chi connectivity index (χ3v) is 3.81. The fraction of sp³-hybridized carbons (Fsp3) is 0.778. The number of hydrogen-bond donors (Lipinski definition) is 1. The first-order valence-electron chi connectivity index (χ1n) is 4.89. The number of nitrogens with one attached hydrogen (secondary N) is 1. The third-order valence-electron chi connectivity index (χ3n) is 2.54. The SMILES string of the molecule is CNC(C)c1nnc(C2CCOC2)s1. The molecule has 1 aromatic rings. The number of rotatable bonds is 3. The smallest absolute Gasteiger partial charge is 0.134 e. The maximum atomic E-state index is 5.33. The first-order chi connectivity index (χ1) is 6.81. The zero-order valence-electron chi connectivity index (χ0n) is 8.49. The molecule has 0 amide bonds. The van der Waals surface area contributed by atoms with Crippen LogP contribution in [-0.4, -0.2) is 30.5 Å². The van der Waals surface area contributed by atoms with Gasteiger partial charge in [0.05, 0.1) is 12.6 Å². The molecule has 0 radical (unpaired) electrons. The van der Waals surface area contributed by atoms with Gasteiger partial charge in [-0.25, -0.2) is 0 Å². The van der Waals surface area contributed by atoms with E-state index in [9.17, 15) is 0 Å². The summed E-state index contributed by atoms with van der Waals surface area (Å²) in [5.41, 5.74) is 0. The molecule has 4 nitrogen and oxygen atoms in total. The molecule has 1 saturated heterocycles. The Balaban J connectivity index is 2.08. The lowest BCUT2D eigenvalue weighted by molar-refractivity contribution is 0.194. The molecule has 0 spiro atoms. The van der Waals surface area contributed by atoms with Crippen LogP contribution in [0.15, 0.2) is 0 Å². The number of nitrogens with zero attached hydrogens (tertiary/aromatic N) is 2. The average molecular weight is 213 g/mol. The van der Waals surface area contributed by atoms with E-state index < -0.39 is 0 Å². The van der Waals surface area contributed by atoms with Gasteiger partial charge in [-0.05, 0) is 20.4 Å². The Labute approximate surface area is 87.7 Å². The maximum Gasteiger partial charge on any atom is 0.134 e. The highest BCUT2D eigenvalue weighted by atomic mass is 32.1. The highest BCUT2D eigenvalue weighted by molar-refractivity contribution is 7.11. The average Bonchev–Trinajstić information content (AvgIpc) is 2.86. The predicted molar refractivity (Wildman–Crippen MR) is 55.6 cm³/mol. The van der Waals surface area contributed by atoms with E-state index in [-0.39, 0.29) is 0 Å². The number of hydrogen-bond acceptors (Lipinski definition) is 5. The van der Waals surface area contributed by atoms with Crippen LogP contribution in [0.3, 0.4) is 0 Å². The number of ether oxygens (including phenoxy) is 1. The van der Waals surface area contributed by atoms with E-state index in [1.807, 2.05) is 7.05 Å². The molecule has 0 aromatic carbocycles. The normalized spacial score (nSPS) is 24.0. The molecule has 14 heavy (non-hydrogen) atoms. The molecule has 1 aliphatic rings. The van der Waals surface area contributed by atoms with Crippen molar-refractivity contribution in [3.8, 4) is 0 Å². The van der Waals surface area contributed by atoms with Crippen molar-refractivity contribution in [1.29, 1.82) is 0 Å². The molecule has 1 fully saturated rings. The quantitative estimate of drug-likeness (QED) is 0.822. The molecule has 1 aliphatic heterocycles. The van der Waals surface area contributed by atoms with Gasteiger partial charge in [-0.15, -0.1) is 10.2 Å². The Morgan fingerprint density at radius 3 is 3.07 bits per heavy atom. The van der Waals surface area contributed by atoms with Crippen molar-refractivity contribution >= 4 is 11.3 Å². The lowest BCUT2D eigenvalue weighted by atomic mass is 10.1. The Bertz CT molecular complexity index is 296. The topological polar surface area (TPSA) is 47.0 Å². The molecular formula is C9H15N3OS. The fourth-order valence-corrected chi connectivity index (χ4v) is 2.46. The molecule has 0 saturated carbocycles. The summed E-state index contributed by atoms with van der Waals surface area (Å²) in [5.74, 6) is 0.477. The largest absolute Gasteiger partial charge is 0.381 e. The molecule has 2 heterocycles. The molecule has 2 rings (SSSR count). The van der Waals surface area contributed by atoms with Gasteiger partial charge in [-0.1, -0.05) is 11.3 Å². The molecule has 5 heteroatoms.